The van der Waals surface area contributed by atoms with Crippen molar-refractivity contribution in [1.82, 2.24) is 5.32 Å². The Hall–Kier alpha value is -0.380. The Morgan fingerprint density at radius 3 is 3.08 bits per heavy atom. The summed E-state index contributed by atoms with van der Waals surface area (Å²) in [5, 5.41) is 15.0. The van der Waals surface area contributed by atoms with E-state index >= 15 is 0 Å². The van der Waals surface area contributed by atoms with E-state index in [1.807, 2.05) is 6.07 Å². The molecular weight excluding hydrogens is 182 g/mol. The van der Waals surface area contributed by atoms with Crippen LogP contribution in [-0.4, -0.2) is 23.8 Å². The number of hydrogen-bond acceptors (Lipinski definition) is 3. The molecule has 1 heterocycles. The maximum atomic E-state index is 9.64. The van der Waals surface area contributed by atoms with Crippen LogP contribution >= 0.6 is 11.3 Å². The number of aliphatic hydroxyl groups is 1. The average Bonchev–Trinajstić information content (AvgIpc) is 2.82. The van der Waals surface area contributed by atoms with Gasteiger partial charge < -0.3 is 10.4 Å². The third kappa shape index (κ3) is 3.10. The van der Waals surface area contributed by atoms with Crippen molar-refractivity contribution in [3.05, 3.63) is 22.4 Å². The van der Waals surface area contributed by atoms with Crippen molar-refractivity contribution in [1.29, 1.82) is 0 Å². The first-order valence-electron chi connectivity index (χ1n) is 4.78. The summed E-state index contributed by atoms with van der Waals surface area (Å²) in [6, 6.07) is 4.80. The molecule has 2 rings (SSSR count). The topological polar surface area (TPSA) is 32.3 Å². The summed E-state index contributed by atoms with van der Waals surface area (Å²) in [6.45, 7) is 0.739. The van der Waals surface area contributed by atoms with Crippen molar-refractivity contribution in [2.45, 2.75) is 31.4 Å². The first kappa shape index (κ1) is 9.19. The van der Waals surface area contributed by atoms with E-state index in [0.29, 0.717) is 6.04 Å². The molecule has 1 aromatic heterocycles. The van der Waals surface area contributed by atoms with Crippen molar-refractivity contribution in [3.63, 3.8) is 0 Å². The normalized spacial score (nSPS) is 18.8. The summed E-state index contributed by atoms with van der Waals surface area (Å²) in [4.78, 5) is 1.27. The molecule has 1 fully saturated rings. The molecule has 1 saturated carbocycles. The van der Waals surface area contributed by atoms with Crippen LogP contribution in [-0.2, 0) is 6.42 Å². The standard InChI is InChI=1S/C10H15NOS/c12-9(7-11-8-3-4-8)6-10-2-1-5-13-10/h1-2,5,8-9,11-12H,3-4,6-7H2. The summed E-state index contributed by atoms with van der Waals surface area (Å²) in [7, 11) is 0. The maximum Gasteiger partial charge on any atom is 0.0712 e. The van der Waals surface area contributed by atoms with E-state index in [1.54, 1.807) is 11.3 Å². The largest absolute Gasteiger partial charge is 0.391 e. The fraction of sp³-hybridized carbons (Fsp3) is 0.600. The van der Waals surface area contributed by atoms with E-state index in [4.69, 9.17) is 0 Å². The number of thiophene rings is 1. The molecule has 0 saturated heterocycles. The summed E-state index contributed by atoms with van der Waals surface area (Å²) < 4.78 is 0. The minimum atomic E-state index is -0.223. The quantitative estimate of drug-likeness (QED) is 0.748. The molecule has 0 radical (unpaired) electrons. The van der Waals surface area contributed by atoms with Gasteiger partial charge in [-0.2, -0.15) is 0 Å². The Morgan fingerprint density at radius 2 is 2.46 bits per heavy atom. The van der Waals surface area contributed by atoms with Gasteiger partial charge in [-0.15, -0.1) is 11.3 Å². The maximum absolute atomic E-state index is 9.64. The van der Waals surface area contributed by atoms with E-state index in [2.05, 4.69) is 16.8 Å². The van der Waals surface area contributed by atoms with Gasteiger partial charge in [-0.25, -0.2) is 0 Å². The lowest BCUT2D eigenvalue weighted by atomic mass is 10.2. The van der Waals surface area contributed by atoms with Crippen LogP contribution in [0.25, 0.3) is 0 Å². The number of rotatable bonds is 5. The van der Waals surface area contributed by atoms with Crippen molar-refractivity contribution < 1.29 is 5.11 Å². The fourth-order valence-corrected chi connectivity index (χ4v) is 2.10. The van der Waals surface area contributed by atoms with Crippen LogP contribution in [0.1, 0.15) is 17.7 Å². The van der Waals surface area contributed by atoms with E-state index in [0.717, 1.165) is 13.0 Å². The highest BCUT2D eigenvalue weighted by atomic mass is 32.1. The number of nitrogens with one attached hydrogen (secondary N) is 1. The van der Waals surface area contributed by atoms with E-state index in [1.165, 1.54) is 17.7 Å². The first-order chi connectivity index (χ1) is 6.34. The van der Waals surface area contributed by atoms with Crippen LogP contribution in [0.5, 0.6) is 0 Å². The Kier molecular flexibility index (Phi) is 2.98. The predicted octanol–water partition coefficient (Wildman–Crippen LogP) is 1.40. The number of hydrogen-bond donors (Lipinski definition) is 2. The van der Waals surface area contributed by atoms with Gasteiger partial charge in [0.05, 0.1) is 6.10 Å². The lowest BCUT2D eigenvalue weighted by Crippen LogP contribution is -2.29. The van der Waals surface area contributed by atoms with Gasteiger partial charge in [-0.1, -0.05) is 6.07 Å². The summed E-state index contributed by atoms with van der Waals surface area (Å²) in [5.74, 6) is 0. The molecule has 13 heavy (non-hydrogen) atoms. The molecule has 0 spiro atoms. The first-order valence-corrected chi connectivity index (χ1v) is 5.66. The van der Waals surface area contributed by atoms with Crippen LogP contribution < -0.4 is 5.32 Å². The third-order valence-corrected chi connectivity index (χ3v) is 3.14. The lowest BCUT2D eigenvalue weighted by Gasteiger charge is -2.09. The van der Waals surface area contributed by atoms with Crippen LogP contribution in [0.15, 0.2) is 17.5 Å². The Bertz CT molecular complexity index is 243. The molecule has 0 aliphatic heterocycles. The van der Waals surface area contributed by atoms with E-state index in [-0.39, 0.29) is 6.10 Å². The predicted molar refractivity (Wildman–Crippen MR) is 55.1 cm³/mol. The molecule has 2 N–H and O–H groups in total. The van der Waals surface area contributed by atoms with Crippen molar-refractivity contribution >= 4 is 11.3 Å². The van der Waals surface area contributed by atoms with Crippen LogP contribution in [0.4, 0.5) is 0 Å². The highest BCUT2D eigenvalue weighted by molar-refractivity contribution is 7.09. The molecule has 0 aromatic carbocycles. The van der Waals surface area contributed by atoms with Crippen molar-refractivity contribution in [2.75, 3.05) is 6.54 Å². The highest BCUT2D eigenvalue weighted by Crippen LogP contribution is 2.18. The van der Waals surface area contributed by atoms with E-state index < -0.39 is 0 Å². The zero-order chi connectivity index (χ0) is 9.10. The second kappa shape index (κ2) is 4.22. The monoisotopic (exact) mass is 197 g/mol. The van der Waals surface area contributed by atoms with E-state index in [9.17, 15) is 5.11 Å². The van der Waals surface area contributed by atoms with Crippen LogP contribution in [0, 0.1) is 0 Å². The second-order valence-corrected chi connectivity index (χ2v) is 4.65. The van der Waals surface area contributed by atoms with Gasteiger partial charge in [0.15, 0.2) is 0 Å². The zero-order valence-corrected chi connectivity index (χ0v) is 8.39. The summed E-state index contributed by atoms with van der Waals surface area (Å²) in [6.07, 6.45) is 3.13. The molecule has 1 aliphatic rings. The average molecular weight is 197 g/mol. The van der Waals surface area contributed by atoms with Crippen molar-refractivity contribution in [2.24, 2.45) is 0 Å². The second-order valence-electron chi connectivity index (χ2n) is 3.62. The fourth-order valence-electron chi connectivity index (χ4n) is 1.32. The van der Waals surface area contributed by atoms with Gasteiger partial charge in [-0.05, 0) is 24.3 Å². The van der Waals surface area contributed by atoms with Crippen LogP contribution in [0.3, 0.4) is 0 Å². The molecule has 1 atom stereocenters. The Morgan fingerprint density at radius 1 is 1.62 bits per heavy atom. The van der Waals surface area contributed by atoms with Gasteiger partial charge in [0, 0.05) is 23.9 Å². The Balaban J connectivity index is 1.68. The minimum absolute atomic E-state index is 0.223. The van der Waals surface area contributed by atoms with Gasteiger partial charge in [-0.3, -0.25) is 0 Å². The zero-order valence-electron chi connectivity index (χ0n) is 7.57. The SMILES string of the molecule is OC(CNC1CC1)Cc1cccs1. The highest BCUT2D eigenvalue weighted by Gasteiger charge is 2.21. The molecule has 1 unspecified atom stereocenters. The van der Waals surface area contributed by atoms with Gasteiger partial charge in [0.1, 0.15) is 0 Å². The van der Waals surface area contributed by atoms with Gasteiger partial charge >= 0.3 is 0 Å². The summed E-state index contributed by atoms with van der Waals surface area (Å²) in [5.41, 5.74) is 0. The third-order valence-electron chi connectivity index (χ3n) is 2.24. The van der Waals surface area contributed by atoms with Crippen molar-refractivity contribution in [3.8, 4) is 0 Å². The lowest BCUT2D eigenvalue weighted by molar-refractivity contribution is 0.172. The molecule has 0 bridgehead atoms. The molecule has 1 aliphatic carbocycles. The molecule has 3 heteroatoms. The van der Waals surface area contributed by atoms with Gasteiger partial charge in [0.2, 0.25) is 0 Å². The molecular formula is C10H15NOS. The van der Waals surface area contributed by atoms with Crippen LogP contribution in [0.2, 0.25) is 0 Å². The molecule has 0 amide bonds. The van der Waals surface area contributed by atoms with Gasteiger partial charge in [0.25, 0.3) is 0 Å². The minimum Gasteiger partial charge on any atom is -0.391 e. The molecule has 72 valence electrons. The molecule has 1 aromatic rings. The Labute approximate surface area is 82.6 Å². The summed E-state index contributed by atoms with van der Waals surface area (Å²) >= 11 is 1.71. The smallest absolute Gasteiger partial charge is 0.0712 e. The number of aliphatic hydroxyl groups excluding tert-OH is 1. The molecule has 2 nitrogen and oxygen atoms in total.